The maximum absolute atomic E-state index is 5.23. The van der Waals surface area contributed by atoms with Crippen LogP contribution in [0.15, 0.2) is 47.5 Å². The van der Waals surface area contributed by atoms with Gasteiger partial charge in [-0.1, -0.05) is 25.1 Å². The Balaban J connectivity index is 0.00000420. The van der Waals surface area contributed by atoms with Gasteiger partial charge in [-0.2, -0.15) is 0 Å². The smallest absolute Gasteiger partial charge is 0.191 e. The van der Waals surface area contributed by atoms with E-state index >= 15 is 0 Å². The number of guanidine groups is 1. The molecule has 2 rings (SSSR count). The van der Waals surface area contributed by atoms with Crippen LogP contribution in [0.3, 0.4) is 0 Å². The fourth-order valence-corrected chi connectivity index (χ4v) is 2.81. The van der Waals surface area contributed by atoms with Crippen molar-refractivity contribution < 1.29 is 4.74 Å². The molecule has 0 aliphatic rings. The summed E-state index contributed by atoms with van der Waals surface area (Å²) in [6.07, 6.45) is 1.02. The molecule has 0 amide bonds. The van der Waals surface area contributed by atoms with Crippen LogP contribution in [-0.4, -0.2) is 45.2 Å². The summed E-state index contributed by atoms with van der Waals surface area (Å²) in [6.45, 7) is 6.53. The first-order valence-corrected chi connectivity index (χ1v) is 9.82. The second-order valence-corrected chi connectivity index (χ2v) is 6.97. The summed E-state index contributed by atoms with van der Waals surface area (Å²) in [5.74, 6) is 3.11. The minimum absolute atomic E-state index is 0. The molecule has 0 radical (unpaired) electrons. The highest BCUT2D eigenvalue weighted by molar-refractivity contribution is 14.0. The Morgan fingerprint density at radius 2 is 1.86 bits per heavy atom. The number of hydrogen-bond acceptors (Lipinski definition) is 4. The molecule has 160 valence electrons. The lowest BCUT2D eigenvalue weighted by Gasteiger charge is -2.15. The van der Waals surface area contributed by atoms with E-state index in [1.165, 1.54) is 5.56 Å². The summed E-state index contributed by atoms with van der Waals surface area (Å²) < 4.78 is 5.23. The van der Waals surface area contributed by atoms with Gasteiger partial charge in [0.05, 0.1) is 19.3 Å². The van der Waals surface area contributed by atoms with Gasteiger partial charge in [0.1, 0.15) is 11.6 Å². The quantitative estimate of drug-likeness (QED) is 0.303. The first-order valence-electron chi connectivity index (χ1n) is 9.82. The summed E-state index contributed by atoms with van der Waals surface area (Å²) in [7, 11) is 5.67. The van der Waals surface area contributed by atoms with E-state index < -0.39 is 0 Å². The summed E-state index contributed by atoms with van der Waals surface area (Å²) in [5.41, 5.74) is 2.27. The maximum atomic E-state index is 5.23. The van der Waals surface area contributed by atoms with E-state index in [1.807, 2.05) is 49.3 Å². The number of aromatic nitrogens is 1. The fraction of sp³-hybridized carbons (Fsp3) is 0.455. The fourth-order valence-electron chi connectivity index (χ4n) is 2.81. The van der Waals surface area contributed by atoms with Gasteiger partial charge in [-0.3, -0.25) is 0 Å². The summed E-state index contributed by atoms with van der Waals surface area (Å²) in [6, 6.07) is 14.3. The van der Waals surface area contributed by atoms with Crippen molar-refractivity contribution in [2.24, 2.45) is 4.99 Å². The third kappa shape index (κ3) is 8.47. The lowest BCUT2D eigenvalue weighted by atomic mass is 9.98. The van der Waals surface area contributed by atoms with Gasteiger partial charge in [-0.05, 0) is 49.1 Å². The van der Waals surface area contributed by atoms with E-state index in [-0.39, 0.29) is 24.0 Å². The average molecular weight is 511 g/mol. The Labute approximate surface area is 192 Å². The Kier molecular flexibility index (Phi) is 11.4. The van der Waals surface area contributed by atoms with Crippen molar-refractivity contribution in [3.8, 4) is 5.75 Å². The normalized spacial score (nSPS) is 12.0. The summed E-state index contributed by atoms with van der Waals surface area (Å²) in [4.78, 5) is 11.3. The molecule has 0 saturated heterocycles. The van der Waals surface area contributed by atoms with E-state index in [4.69, 9.17) is 4.74 Å². The number of methoxy groups -OCH3 is 1. The second-order valence-electron chi connectivity index (χ2n) is 6.97. The molecule has 7 heteroatoms. The summed E-state index contributed by atoms with van der Waals surface area (Å²) in [5, 5.41) is 6.73. The van der Waals surface area contributed by atoms with Crippen molar-refractivity contribution in [1.29, 1.82) is 0 Å². The maximum Gasteiger partial charge on any atom is 0.191 e. The minimum Gasteiger partial charge on any atom is -0.497 e. The first-order chi connectivity index (χ1) is 13.5. The molecule has 1 aromatic heterocycles. The van der Waals surface area contributed by atoms with Crippen molar-refractivity contribution in [2.45, 2.75) is 32.7 Å². The highest BCUT2D eigenvalue weighted by atomic mass is 127. The summed E-state index contributed by atoms with van der Waals surface area (Å²) >= 11 is 0. The molecule has 1 aromatic carbocycles. The number of ether oxygens (including phenoxy) is 1. The van der Waals surface area contributed by atoms with Crippen molar-refractivity contribution in [3.63, 3.8) is 0 Å². The number of nitrogens with zero attached hydrogens (tertiary/aromatic N) is 3. The van der Waals surface area contributed by atoms with Crippen LogP contribution in [0.5, 0.6) is 5.75 Å². The molecule has 0 aliphatic carbocycles. The van der Waals surface area contributed by atoms with Gasteiger partial charge in [-0.15, -0.1) is 24.0 Å². The van der Waals surface area contributed by atoms with Gasteiger partial charge >= 0.3 is 0 Å². The van der Waals surface area contributed by atoms with Crippen LogP contribution in [0.1, 0.15) is 37.4 Å². The molecule has 0 bridgehead atoms. The number of benzene rings is 1. The molecule has 0 aliphatic heterocycles. The Bertz CT molecular complexity index is 749. The predicted octanol–water partition coefficient (Wildman–Crippen LogP) is 4.02. The molecular formula is C22H34IN5O. The van der Waals surface area contributed by atoms with Crippen molar-refractivity contribution >= 4 is 35.8 Å². The van der Waals surface area contributed by atoms with Gasteiger partial charge in [0, 0.05) is 27.2 Å². The number of halogens is 1. The zero-order valence-electron chi connectivity index (χ0n) is 18.1. The van der Waals surface area contributed by atoms with Crippen LogP contribution in [0, 0.1) is 0 Å². The lowest BCUT2D eigenvalue weighted by molar-refractivity contribution is 0.414. The highest BCUT2D eigenvalue weighted by Gasteiger charge is 2.07. The van der Waals surface area contributed by atoms with Crippen molar-refractivity contribution in [1.82, 2.24) is 15.6 Å². The molecular weight excluding hydrogens is 477 g/mol. The topological polar surface area (TPSA) is 61.8 Å². The molecule has 0 fully saturated rings. The molecule has 29 heavy (non-hydrogen) atoms. The first kappa shape index (κ1) is 25.0. The Hall–Kier alpha value is -2.03. The zero-order valence-corrected chi connectivity index (χ0v) is 20.4. The standard InChI is InChI=1S/C22H33N5O.HI/c1-6-23-22(25-16-19-8-7-9-21(26-19)27(3)4)24-15-14-17(2)18-10-12-20(28-5)13-11-18;/h7-13,17H,6,14-16H2,1-5H3,(H2,23,24,25);1H. The van der Waals surface area contributed by atoms with Crippen LogP contribution in [0.4, 0.5) is 5.82 Å². The lowest BCUT2D eigenvalue weighted by Crippen LogP contribution is -2.38. The van der Waals surface area contributed by atoms with Gasteiger partial charge in [0.25, 0.3) is 0 Å². The predicted molar refractivity (Wildman–Crippen MR) is 133 cm³/mol. The Morgan fingerprint density at radius 3 is 2.48 bits per heavy atom. The number of anilines is 1. The van der Waals surface area contributed by atoms with Crippen molar-refractivity contribution in [2.75, 3.05) is 39.2 Å². The SMILES string of the molecule is CCNC(=NCc1cccc(N(C)C)n1)NCCC(C)c1ccc(OC)cc1.I. The number of pyridine rings is 1. The van der Waals surface area contributed by atoms with Crippen LogP contribution in [0.2, 0.25) is 0 Å². The number of rotatable bonds is 9. The van der Waals surface area contributed by atoms with E-state index in [1.54, 1.807) is 7.11 Å². The average Bonchev–Trinajstić information content (AvgIpc) is 2.72. The number of hydrogen-bond donors (Lipinski definition) is 2. The van der Waals surface area contributed by atoms with E-state index in [0.29, 0.717) is 12.5 Å². The number of aliphatic imine (C=N–C) groups is 1. The third-order valence-corrected chi connectivity index (χ3v) is 4.55. The molecule has 1 unspecified atom stereocenters. The Morgan fingerprint density at radius 1 is 1.14 bits per heavy atom. The molecule has 1 heterocycles. The van der Waals surface area contributed by atoms with E-state index in [9.17, 15) is 0 Å². The van der Waals surface area contributed by atoms with Gasteiger partial charge < -0.3 is 20.3 Å². The van der Waals surface area contributed by atoms with Crippen LogP contribution < -0.4 is 20.3 Å². The van der Waals surface area contributed by atoms with E-state index in [0.717, 1.165) is 42.7 Å². The van der Waals surface area contributed by atoms with Crippen molar-refractivity contribution in [3.05, 3.63) is 53.7 Å². The molecule has 2 aromatic rings. The highest BCUT2D eigenvalue weighted by Crippen LogP contribution is 2.21. The van der Waals surface area contributed by atoms with Crippen LogP contribution >= 0.6 is 24.0 Å². The van der Waals surface area contributed by atoms with Crippen LogP contribution in [0.25, 0.3) is 0 Å². The molecule has 0 spiro atoms. The third-order valence-electron chi connectivity index (χ3n) is 4.55. The second kappa shape index (κ2) is 13.2. The largest absolute Gasteiger partial charge is 0.497 e. The molecule has 1 atom stereocenters. The molecule has 2 N–H and O–H groups in total. The van der Waals surface area contributed by atoms with Gasteiger partial charge in [0.2, 0.25) is 0 Å². The number of nitrogens with one attached hydrogen (secondary N) is 2. The van der Waals surface area contributed by atoms with Crippen LogP contribution in [-0.2, 0) is 6.54 Å². The minimum atomic E-state index is 0. The zero-order chi connectivity index (χ0) is 20.4. The molecule has 6 nitrogen and oxygen atoms in total. The monoisotopic (exact) mass is 511 g/mol. The van der Waals surface area contributed by atoms with Gasteiger partial charge in [-0.25, -0.2) is 9.98 Å². The van der Waals surface area contributed by atoms with E-state index in [2.05, 4.69) is 46.6 Å². The van der Waals surface area contributed by atoms with Gasteiger partial charge in [0.15, 0.2) is 5.96 Å². The molecule has 0 saturated carbocycles.